The SMILES string of the molecule is COCCOCCNc1nc(NN)nc(-n2ccnc2)n1. The number of nitrogens with zero attached hydrogens (tertiary/aromatic N) is 5. The van der Waals surface area contributed by atoms with E-state index in [4.69, 9.17) is 15.3 Å². The molecule has 2 aromatic heterocycles. The van der Waals surface area contributed by atoms with Crippen LogP contribution in [-0.2, 0) is 9.47 Å². The molecule has 4 N–H and O–H groups in total. The van der Waals surface area contributed by atoms with Gasteiger partial charge >= 0.3 is 0 Å². The van der Waals surface area contributed by atoms with Crippen molar-refractivity contribution in [2.75, 3.05) is 44.2 Å². The van der Waals surface area contributed by atoms with Crippen LogP contribution in [0.15, 0.2) is 18.7 Å². The Labute approximate surface area is 121 Å². The van der Waals surface area contributed by atoms with E-state index in [0.29, 0.717) is 38.3 Å². The molecule has 0 spiro atoms. The monoisotopic (exact) mass is 294 g/mol. The van der Waals surface area contributed by atoms with Crippen LogP contribution in [-0.4, -0.2) is 58.0 Å². The van der Waals surface area contributed by atoms with Gasteiger partial charge in [0.05, 0.1) is 19.8 Å². The lowest BCUT2D eigenvalue weighted by atomic mass is 10.6. The van der Waals surface area contributed by atoms with Gasteiger partial charge in [-0.3, -0.25) is 9.99 Å². The van der Waals surface area contributed by atoms with E-state index >= 15 is 0 Å². The zero-order valence-electron chi connectivity index (χ0n) is 11.7. The lowest BCUT2D eigenvalue weighted by Gasteiger charge is -2.09. The molecule has 0 saturated carbocycles. The van der Waals surface area contributed by atoms with Gasteiger partial charge in [-0.15, -0.1) is 0 Å². The van der Waals surface area contributed by atoms with Crippen molar-refractivity contribution in [1.82, 2.24) is 24.5 Å². The third-order valence-corrected chi connectivity index (χ3v) is 2.45. The molecule has 2 heterocycles. The van der Waals surface area contributed by atoms with Gasteiger partial charge in [-0.05, 0) is 0 Å². The topological polar surface area (TPSA) is 125 Å². The molecule has 0 amide bonds. The maximum absolute atomic E-state index is 5.36. The van der Waals surface area contributed by atoms with Crippen LogP contribution in [0.5, 0.6) is 0 Å². The third kappa shape index (κ3) is 4.63. The molecular weight excluding hydrogens is 276 g/mol. The number of anilines is 2. The van der Waals surface area contributed by atoms with E-state index in [1.807, 2.05) is 0 Å². The average Bonchev–Trinajstić information content (AvgIpc) is 3.05. The fraction of sp³-hybridized carbons (Fsp3) is 0.455. The first kappa shape index (κ1) is 15.1. The number of rotatable bonds is 9. The summed E-state index contributed by atoms with van der Waals surface area (Å²) in [6.07, 6.45) is 4.95. The van der Waals surface area contributed by atoms with Gasteiger partial charge in [-0.1, -0.05) is 0 Å². The Balaban J connectivity index is 1.94. The molecule has 0 aromatic carbocycles. The van der Waals surface area contributed by atoms with E-state index in [1.54, 1.807) is 30.4 Å². The van der Waals surface area contributed by atoms with Gasteiger partial charge in [0.2, 0.25) is 17.8 Å². The summed E-state index contributed by atoms with van der Waals surface area (Å²) in [6, 6.07) is 0. The summed E-state index contributed by atoms with van der Waals surface area (Å²) in [6.45, 7) is 2.19. The highest BCUT2D eigenvalue weighted by Gasteiger charge is 2.06. The summed E-state index contributed by atoms with van der Waals surface area (Å²) in [4.78, 5) is 16.5. The number of hydrazine groups is 1. The van der Waals surface area contributed by atoms with Crippen LogP contribution in [0.4, 0.5) is 11.9 Å². The van der Waals surface area contributed by atoms with Crippen molar-refractivity contribution in [3.05, 3.63) is 18.7 Å². The number of nitrogens with two attached hydrogens (primary N) is 1. The highest BCUT2D eigenvalue weighted by Crippen LogP contribution is 2.07. The van der Waals surface area contributed by atoms with Gasteiger partial charge in [0, 0.05) is 26.0 Å². The molecular formula is C11H18N8O2. The molecule has 2 aromatic rings. The minimum absolute atomic E-state index is 0.261. The lowest BCUT2D eigenvalue weighted by molar-refractivity contribution is 0.0759. The van der Waals surface area contributed by atoms with Crippen LogP contribution in [0.3, 0.4) is 0 Å². The number of imidazole rings is 1. The molecule has 0 aliphatic carbocycles. The van der Waals surface area contributed by atoms with Crippen LogP contribution in [0.1, 0.15) is 0 Å². The van der Waals surface area contributed by atoms with Gasteiger partial charge in [-0.25, -0.2) is 10.8 Å². The maximum atomic E-state index is 5.36. The predicted octanol–water partition coefficient (Wildman–Crippen LogP) is -0.582. The molecule has 0 fully saturated rings. The Kier molecular flexibility index (Phi) is 5.82. The maximum Gasteiger partial charge on any atom is 0.243 e. The predicted molar refractivity (Wildman–Crippen MR) is 75.9 cm³/mol. The molecule has 114 valence electrons. The van der Waals surface area contributed by atoms with E-state index < -0.39 is 0 Å². The molecule has 0 aliphatic rings. The van der Waals surface area contributed by atoms with Crippen molar-refractivity contribution < 1.29 is 9.47 Å². The second kappa shape index (κ2) is 8.09. The minimum Gasteiger partial charge on any atom is -0.382 e. The Bertz CT molecular complexity index is 533. The Morgan fingerprint density at radius 2 is 2.05 bits per heavy atom. The largest absolute Gasteiger partial charge is 0.382 e. The van der Waals surface area contributed by atoms with Gasteiger partial charge < -0.3 is 14.8 Å². The summed E-state index contributed by atoms with van der Waals surface area (Å²) in [5, 5.41) is 3.04. The van der Waals surface area contributed by atoms with Crippen LogP contribution >= 0.6 is 0 Å². The van der Waals surface area contributed by atoms with Crippen molar-refractivity contribution >= 4 is 11.9 Å². The molecule has 0 radical (unpaired) electrons. The van der Waals surface area contributed by atoms with Gasteiger partial charge in [0.15, 0.2) is 0 Å². The Hall–Kier alpha value is -2.30. The average molecular weight is 294 g/mol. The third-order valence-electron chi connectivity index (χ3n) is 2.45. The number of nitrogens with one attached hydrogen (secondary N) is 2. The minimum atomic E-state index is 0.261. The van der Waals surface area contributed by atoms with E-state index in [0.717, 1.165) is 0 Å². The van der Waals surface area contributed by atoms with Gasteiger partial charge in [0.1, 0.15) is 6.33 Å². The molecule has 0 bridgehead atoms. The number of hydrogen-bond acceptors (Lipinski definition) is 9. The van der Waals surface area contributed by atoms with Gasteiger partial charge in [0.25, 0.3) is 0 Å². The smallest absolute Gasteiger partial charge is 0.243 e. The lowest BCUT2D eigenvalue weighted by Crippen LogP contribution is -2.17. The fourth-order valence-electron chi connectivity index (χ4n) is 1.48. The molecule has 10 heteroatoms. The first-order valence-electron chi connectivity index (χ1n) is 6.35. The summed E-state index contributed by atoms with van der Waals surface area (Å²) >= 11 is 0. The molecule has 10 nitrogen and oxygen atoms in total. The van der Waals surface area contributed by atoms with Crippen molar-refractivity contribution in [3.63, 3.8) is 0 Å². The Morgan fingerprint density at radius 1 is 1.19 bits per heavy atom. The quantitative estimate of drug-likeness (QED) is 0.316. The van der Waals surface area contributed by atoms with E-state index in [2.05, 4.69) is 30.7 Å². The number of hydrogen-bond donors (Lipinski definition) is 3. The van der Waals surface area contributed by atoms with Crippen molar-refractivity contribution in [2.45, 2.75) is 0 Å². The normalized spacial score (nSPS) is 10.6. The van der Waals surface area contributed by atoms with Crippen molar-refractivity contribution in [1.29, 1.82) is 0 Å². The summed E-state index contributed by atoms with van der Waals surface area (Å²) in [7, 11) is 1.63. The molecule has 2 rings (SSSR count). The summed E-state index contributed by atoms with van der Waals surface area (Å²) < 4.78 is 11.9. The highest BCUT2D eigenvalue weighted by molar-refractivity contribution is 5.37. The molecule has 0 aliphatic heterocycles. The Morgan fingerprint density at radius 3 is 2.76 bits per heavy atom. The molecule has 0 saturated heterocycles. The first-order valence-corrected chi connectivity index (χ1v) is 6.35. The molecule has 0 unspecified atom stereocenters. The number of nitrogen functional groups attached to an aromatic ring is 1. The van der Waals surface area contributed by atoms with Crippen molar-refractivity contribution in [3.8, 4) is 5.95 Å². The second-order valence-electron chi connectivity index (χ2n) is 3.93. The highest BCUT2D eigenvalue weighted by atomic mass is 16.5. The van der Waals surface area contributed by atoms with Gasteiger partial charge in [-0.2, -0.15) is 15.0 Å². The van der Waals surface area contributed by atoms with Crippen LogP contribution in [0.2, 0.25) is 0 Å². The molecule has 21 heavy (non-hydrogen) atoms. The zero-order valence-corrected chi connectivity index (χ0v) is 11.7. The second-order valence-corrected chi connectivity index (χ2v) is 3.93. The fourth-order valence-corrected chi connectivity index (χ4v) is 1.48. The number of methoxy groups -OCH3 is 1. The van der Waals surface area contributed by atoms with Crippen LogP contribution in [0.25, 0.3) is 5.95 Å². The first-order chi connectivity index (χ1) is 10.3. The van der Waals surface area contributed by atoms with E-state index in [9.17, 15) is 0 Å². The zero-order chi connectivity index (χ0) is 14.9. The standard InChI is InChI=1S/C11H18N8O2/c1-20-6-7-21-5-3-14-9-15-10(18-12)17-11(16-9)19-4-2-13-8-19/h2,4,8H,3,5-7,12H2,1H3,(H2,14,15,16,17,18). The van der Waals surface area contributed by atoms with Crippen LogP contribution < -0.4 is 16.6 Å². The summed E-state index contributed by atoms with van der Waals surface area (Å²) in [5.41, 5.74) is 2.40. The number of aromatic nitrogens is 5. The van der Waals surface area contributed by atoms with Crippen molar-refractivity contribution in [2.24, 2.45) is 5.84 Å². The van der Waals surface area contributed by atoms with E-state index in [-0.39, 0.29) is 5.95 Å². The van der Waals surface area contributed by atoms with Crippen LogP contribution in [0, 0.1) is 0 Å². The number of ether oxygens (including phenoxy) is 2. The summed E-state index contributed by atoms with van der Waals surface area (Å²) in [5.74, 6) is 6.43. The van der Waals surface area contributed by atoms with E-state index in [1.165, 1.54) is 0 Å². The molecule has 0 atom stereocenters.